The van der Waals surface area contributed by atoms with E-state index in [2.05, 4.69) is 5.43 Å². The molecule has 1 unspecified atom stereocenters. The zero-order valence-electron chi connectivity index (χ0n) is 14.4. The first-order valence-electron chi connectivity index (χ1n) is 8.32. The van der Waals surface area contributed by atoms with Gasteiger partial charge in [-0.1, -0.05) is 29.8 Å². The quantitative estimate of drug-likeness (QED) is 0.879. The highest BCUT2D eigenvalue weighted by Gasteiger charge is 2.44. The summed E-state index contributed by atoms with van der Waals surface area (Å²) < 4.78 is 13.4. The van der Waals surface area contributed by atoms with Gasteiger partial charge >= 0.3 is 6.03 Å². The number of amides is 3. The number of hydrogen-bond donors (Lipinski definition) is 1. The van der Waals surface area contributed by atoms with Gasteiger partial charge in [0.25, 0.3) is 5.91 Å². The van der Waals surface area contributed by atoms with E-state index in [0.29, 0.717) is 16.3 Å². The zero-order valence-corrected chi connectivity index (χ0v) is 15.2. The third kappa shape index (κ3) is 3.05. The summed E-state index contributed by atoms with van der Waals surface area (Å²) in [5, 5.41) is 1.86. The van der Waals surface area contributed by atoms with Crippen LogP contribution in [0, 0.1) is 12.7 Å². The first-order valence-corrected chi connectivity index (χ1v) is 8.70. The largest absolute Gasteiger partial charge is 0.340 e. The molecular weight excluding hydrogens is 371 g/mol. The fourth-order valence-electron chi connectivity index (χ4n) is 3.17. The minimum absolute atomic E-state index is 0.140. The maximum Gasteiger partial charge on any atom is 0.340 e. The fourth-order valence-corrected chi connectivity index (χ4v) is 3.34. The molecule has 2 aliphatic rings. The molecule has 0 spiro atoms. The van der Waals surface area contributed by atoms with Crippen LogP contribution in [-0.4, -0.2) is 28.0 Å². The van der Waals surface area contributed by atoms with Crippen LogP contribution in [0.2, 0.25) is 5.02 Å². The number of urea groups is 1. The molecule has 1 fully saturated rings. The second-order valence-corrected chi connectivity index (χ2v) is 6.74. The summed E-state index contributed by atoms with van der Waals surface area (Å²) in [4.78, 5) is 28.3. The van der Waals surface area contributed by atoms with Crippen molar-refractivity contribution < 1.29 is 14.0 Å². The molecule has 27 heavy (non-hydrogen) atoms. The Morgan fingerprint density at radius 2 is 1.93 bits per heavy atom. The number of nitrogens with one attached hydrogen (secondary N) is 1. The smallest absolute Gasteiger partial charge is 0.283 e. The lowest BCUT2D eigenvalue weighted by molar-refractivity contribution is -0.122. The van der Waals surface area contributed by atoms with E-state index in [1.54, 1.807) is 42.7 Å². The SMILES string of the molecule is Cc1c(Cl)cccc1N1C=CN2C(=O)N(Cc3cccc(F)c3)NC2C1=O. The van der Waals surface area contributed by atoms with Gasteiger partial charge in [-0.15, -0.1) is 0 Å². The molecule has 8 heteroatoms. The van der Waals surface area contributed by atoms with E-state index in [1.165, 1.54) is 26.9 Å². The number of anilines is 1. The molecule has 2 aromatic carbocycles. The van der Waals surface area contributed by atoms with Crippen molar-refractivity contribution in [1.82, 2.24) is 15.3 Å². The van der Waals surface area contributed by atoms with Gasteiger partial charge in [-0.3, -0.25) is 19.6 Å². The van der Waals surface area contributed by atoms with Gasteiger partial charge in [-0.05, 0) is 42.3 Å². The van der Waals surface area contributed by atoms with E-state index in [9.17, 15) is 14.0 Å². The first kappa shape index (κ1) is 17.5. The Bertz CT molecular complexity index is 964. The van der Waals surface area contributed by atoms with Gasteiger partial charge < -0.3 is 0 Å². The van der Waals surface area contributed by atoms with E-state index in [-0.39, 0.29) is 24.3 Å². The number of carbonyl (C=O) groups excluding carboxylic acids is 2. The molecule has 6 nitrogen and oxygen atoms in total. The molecule has 3 amide bonds. The summed E-state index contributed by atoms with van der Waals surface area (Å²) in [5.41, 5.74) is 4.95. The Morgan fingerprint density at radius 1 is 1.15 bits per heavy atom. The summed E-state index contributed by atoms with van der Waals surface area (Å²) in [7, 11) is 0. The number of hydrazine groups is 1. The van der Waals surface area contributed by atoms with Crippen molar-refractivity contribution in [3.63, 3.8) is 0 Å². The lowest BCUT2D eigenvalue weighted by Gasteiger charge is -2.30. The third-order valence-corrected chi connectivity index (χ3v) is 4.99. The Labute approximate surface area is 160 Å². The molecule has 2 aliphatic heterocycles. The number of fused-ring (bicyclic) bond motifs is 1. The molecule has 4 rings (SSSR count). The Morgan fingerprint density at radius 3 is 2.70 bits per heavy atom. The standard InChI is InChI=1S/C19H16ClFN4O2/c1-12-15(20)6-3-7-16(12)23-8-9-24-17(18(23)26)22-25(19(24)27)11-13-4-2-5-14(21)10-13/h2-10,17,22H,11H2,1H3. The van der Waals surface area contributed by atoms with Crippen LogP contribution in [0.5, 0.6) is 0 Å². The molecule has 2 heterocycles. The predicted molar refractivity (Wildman–Crippen MR) is 98.9 cm³/mol. The molecule has 0 bridgehead atoms. The lowest BCUT2D eigenvalue weighted by atomic mass is 10.1. The zero-order chi connectivity index (χ0) is 19.1. The van der Waals surface area contributed by atoms with Gasteiger partial charge in [0.05, 0.1) is 12.2 Å². The predicted octanol–water partition coefficient (Wildman–Crippen LogP) is 3.37. The third-order valence-electron chi connectivity index (χ3n) is 4.58. The maximum absolute atomic E-state index is 13.4. The second kappa shape index (κ2) is 6.68. The molecule has 0 saturated carbocycles. The minimum Gasteiger partial charge on any atom is -0.283 e. The van der Waals surface area contributed by atoms with Crippen LogP contribution in [0.25, 0.3) is 0 Å². The Balaban J connectivity index is 1.58. The van der Waals surface area contributed by atoms with Gasteiger partial charge in [-0.25, -0.2) is 9.18 Å². The van der Waals surface area contributed by atoms with Crippen LogP contribution in [-0.2, 0) is 11.3 Å². The number of benzene rings is 2. The molecule has 0 radical (unpaired) electrons. The van der Waals surface area contributed by atoms with Crippen molar-refractivity contribution >= 4 is 29.2 Å². The van der Waals surface area contributed by atoms with Gasteiger partial charge in [0.15, 0.2) is 6.17 Å². The van der Waals surface area contributed by atoms with Gasteiger partial charge in [0.2, 0.25) is 0 Å². The van der Waals surface area contributed by atoms with E-state index in [0.717, 1.165) is 5.56 Å². The summed E-state index contributed by atoms with van der Waals surface area (Å²) in [6.07, 6.45) is 2.23. The van der Waals surface area contributed by atoms with Crippen molar-refractivity contribution in [2.45, 2.75) is 19.6 Å². The van der Waals surface area contributed by atoms with Crippen LogP contribution in [0.15, 0.2) is 54.9 Å². The first-order chi connectivity index (χ1) is 13.0. The summed E-state index contributed by atoms with van der Waals surface area (Å²) in [6.45, 7) is 1.97. The molecule has 138 valence electrons. The van der Waals surface area contributed by atoms with Gasteiger partial charge in [-0.2, -0.15) is 5.43 Å². The van der Waals surface area contributed by atoms with Crippen molar-refractivity contribution in [3.8, 4) is 0 Å². The molecule has 1 N–H and O–H groups in total. The number of rotatable bonds is 3. The summed E-state index contributed by atoms with van der Waals surface area (Å²) in [5.74, 6) is -0.687. The molecular formula is C19H16ClFN4O2. The molecule has 0 aromatic heterocycles. The molecule has 1 saturated heterocycles. The highest BCUT2D eigenvalue weighted by molar-refractivity contribution is 6.31. The molecule has 1 atom stereocenters. The number of carbonyl (C=O) groups is 2. The minimum atomic E-state index is -0.866. The Hall–Kier alpha value is -2.90. The normalized spacial score (nSPS) is 19.1. The van der Waals surface area contributed by atoms with Crippen LogP contribution >= 0.6 is 11.6 Å². The van der Waals surface area contributed by atoms with Gasteiger partial charge in [0, 0.05) is 17.4 Å². The maximum atomic E-state index is 13.4. The van der Waals surface area contributed by atoms with E-state index in [1.807, 2.05) is 6.92 Å². The highest BCUT2D eigenvalue weighted by atomic mass is 35.5. The Kier molecular flexibility index (Phi) is 4.33. The average molecular weight is 387 g/mol. The average Bonchev–Trinajstić information content (AvgIpc) is 2.95. The number of nitrogens with zero attached hydrogens (tertiary/aromatic N) is 3. The van der Waals surface area contributed by atoms with Gasteiger partial charge in [0.1, 0.15) is 5.82 Å². The van der Waals surface area contributed by atoms with Crippen molar-refractivity contribution in [2.24, 2.45) is 0 Å². The molecule has 0 aliphatic carbocycles. The monoisotopic (exact) mass is 386 g/mol. The van der Waals surface area contributed by atoms with E-state index < -0.39 is 6.17 Å². The van der Waals surface area contributed by atoms with Crippen LogP contribution < -0.4 is 10.3 Å². The van der Waals surface area contributed by atoms with Crippen molar-refractivity contribution in [2.75, 3.05) is 4.90 Å². The van der Waals surface area contributed by atoms with Crippen molar-refractivity contribution in [1.29, 1.82) is 0 Å². The van der Waals surface area contributed by atoms with E-state index >= 15 is 0 Å². The topological polar surface area (TPSA) is 55.9 Å². The highest BCUT2D eigenvalue weighted by Crippen LogP contribution is 2.30. The second-order valence-electron chi connectivity index (χ2n) is 6.33. The van der Waals surface area contributed by atoms with Crippen LogP contribution in [0.4, 0.5) is 14.9 Å². The lowest BCUT2D eigenvalue weighted by Crippen LogP contribution is -2.51. The van der Waals surface area contributed by atoms with E-state index in [4.69, 9.17) is 11.6 Å². The van der Waals surface area contributed by atoms with Crippen LogP contribution in [0.3, 0.4) is 0 Å². The number of halogens is 2. The van der Waals surface area contributed by atoms with Crippen LogP contribution in [0.1, 0.15) is 11.1 Å². The summed E-state index contributed by atoms with van der Waals surface area (Å²) in [6, 6.07) is 10.9. The summed E-state index contributed by atoms with van der Waals surface area (Å²) >= 11 is 6.16. The fraction of sp³-hybridized carbons (Fsp3) is 0.158. The number of hydrogen-bond acceptors (Lipinski definition) is 3. The molecule has 2 aromatic rings. The van der Waals surface area contributed by atoms with Crippen molar-refractivity contribution in [3.05, 3.63) is 76.8 Å².